The Bertz CT molecular complexity index is 772. The van der Waals surface area contributed by atoms with Crippen LogP contribution in [0.15, 0.2) is 47.4 Å². The number of nitrogens with zero attached hydrogens (tertiary/aromatic N) is 2. The van der Waals surface area contributed by atoms with Gasteiger partial charge in [0.25, 0.3) is 5.56 Å². The molecule has 0 aliphatic rings. The molecule has 88 valence electrons. The Hall–Kier alpha value is -2.49. The van der Waals surface area contributed by atoms with Crippen molar-refractivity contribution in [3.8, 4) is 11.4 Å². The fourth-order valence-corrected chi connectivity index (χ4v) is 2.01. The lowest BCUT2D eigenvalue weighted by atomic mass is 10.1. The van der Waals surface area contributed by atoms with Crippen molar-refractivity contribution in [2.45, 2.75) is 6.92 Å². The van der Waals surface area contributed by atoms with Crippen LogP contribution in [0.5, 0.6) is 0 Å². The molecule has 0 fully saturated rings. The number of H-pyrrole nitrogens is 1. The van der Waals surface area contributed by atoms with Gasteiger partial charge in [-0.2, -0.15) is 0 Å². The molecular weight excluding hydrogens is 226 g/mol. The normalized spacial score (nSPS) is 10.7. The summed E-state index contributed by atoms with van der Waals surface area (Å²) in [5.74, 6) is 0.582. The van der Waals surface area contributed by atoms with E-state index in [1.165, 1.54) is 6.07 Å². The van der Waals surface area contributed by atoms with Crippen molar-refractivity contribution in [2.75, 3.05) is 0 Å². The van der Waals surface area contributed by atoms with Crippen molar-refractivity contribution in [2.24, 2.45) is 0 Å². The summed E-state index contributed by atoms with van der Waals surface area (Å²) in [4.78, 5) is 22.9. The zero-order valence-corrected chi connectivity index (χ0v) is 9.84. The summed E-state index contributed by atoms with van der Waals surface area (Å²) >= 11 is 0. The molecule has 0 atom stereocenters. The predicted octanol–water partition coefficient (Wildman–Crippen LogP) is 2.29. The third-order valence-electron chi connectivity index (χ3n) is 2.77. The van der Waals surface area contributed by atoms with Crippen LogP contribution in [0.2, 0.25) is 0 Å². The molecule has 4 nitrogen and oxygen atoms in total. The van der Waals surface area contributed by atoms with Gasteiger partial charge in [0.15, 0.2) is 0 Å². The van der Waals surface area contributed by atoms with E-state index in [2.05, 4.69) is 15.0 Å². The van der Waals surface area contributed by atoms with Gasteiger partial charge in [-0.1, -0.05) is 18.2 Å². The number of para-hydroxylation sites is 1. The van der Waals surface area contributed by atoms with Gasteiger partial charge in [0.2, 0.25) is 0 Å². The van der Waals surface area contributed by atoms with E-state index in [0.717, 1.165) is 16.5 Å². The molecule has 0 aliphatic carbocycles. The fraction of sp³-hybridized carbons (Fsp3) is 0.0714. The molecule has 0 aliphatic heterocycles. The van der Waals surface area contributed by atoms with Gasteiger partial charge in [-0.05, 0) is 19.1 Å². The summed E-state index contributed by atoms with van der Waals surface area (Å²) in [5, 5.41) is 0.980. The number of fused-ring (bicyclic) bond motifs is 1. The lowest BCUT2D eigenvalue weighted by molar-refractivity contribution is 1.08. The third-order valence-corrected chi connectivity index (χ3v) is 2.77. The minimum Gasteiger partial charge on any atom is -0.306 e. The monoisotopic (exact) mass is 237 g/mol. The molecule has 18 heavy (non-hydrogen) atoms. The van der Waals surface area contributed by atoms with E-state index >= 15 is 0 Å². The van der Waals surface area contributed by atoms with Crippen LogP contribution in [0.3, 0.4) is 0 Å². The molecule has 0 unspecified atom stereocenters. The molecule has 0 amide bonds. The van der Waals surface area contributed by atoms with E-state index in [1.54, 1.807) is 6.20 Å². The molecule has 2 aromatic heterocycles. The van der Waals surface area contributed by atoms with Gasteiger partial charge in [-0.15, -0.1) is 0 Å². The molecule has 0 radical (unpaired) electrons. The Balaban J connectivity index is 2.34. The van der Waals surface area contributed by atoms with Crippen LogP contribution >= 0.6 is 0 Å². The van der Waals surface area contributed by atoms with Crippen LogP contribution in [0, 0.1) is 6.92 Å². The lowest BCUT2D eigenvalue weighted by Gasteiger charge is -2.05. The van der Waals surface area contributed by atoms with Crippen molar-refractivity contribution >= 4 is 10.9 Å². The van der Waals surface area contributed by atoms with Crippen molar-refractivity contribution < 1.29 is 0 Å². The summed E-state index contributed by atoms with van der Waals surface area (Å²) in [6.45, 7) is 1.81. The summed E-state index contributed by atoms with van der Waals surface area (Å²) in [7, 11) is 0. The number of rotatable bonds is 1. The zero-order valence-electron chi connectivity index (χ0n) is 9.84. The van der Waals surface area contributed by atoms with E-state index in [4.69, 9.17) is 0 Å². The zero-order chi connectivity index (χ0) is 12.5. The first-order valence-electron chi connectivity index (χ1n) is 5.66. The number of aromatic nitrogens is 3. The number of benzene rings is 1. The highest BCUT2D eigenvalue weighted by molar-refractivity contribution is 5.92. The smallest absolute Gasteiger partial charge is 0.251 e. The van der Waals surface area contributed by atoms with Crippen molar-refractivity contribution in [1.82, 2.24) is 15.0 Å². The molecule has 0 saturated heterocycles. The Kier molecular flexibility index (Phi) is 2.41. The molecule has 2 heterocycles. The maximum absolute atomic E-state index is 11.5. The standard InChI is InChI=1S/C14H11N3O/c1-9-8-13(18)17-14(16-9)11-6-7-15-12-5-3-2-4-10(11)12/h2-8H,1H3,(H,16,17,18). The second kappa shape index (κ2) is 4.07. The van der Waals surface area contributed by atoms with E-state index in [-0.39, 0.29) is 5.56 Å². The molecule has 1 aromatic carbocycles. The van der Waals surface area contributed by atoms with Crippen LogP contribution in [0.25, 0.3) is 22.3 Å². The molecule has 0 bridgehead atoms. The van der Waals surface area contributed by atoms with Gasteiger partial charge in [-0.3, -0.25) is 9.78 Å². The molecule has 0 spiro atoms. The summed E-state index contributed by atoms with van der Waals surface area (Å²) in [6, 6.07) is 11.1. The molecule has 3 aromatic rings. The maximum Gasteiger partial charge on any atom is 0.251 e. The number of nitrogens with one attached hydrogen (secondary N) is 1. The van der Waals surface area contributed by atoms with Gasteiger partial charge >= 0.3 is 0 Å². The van der Waals surface area contributed by atoms with Crippen molar-refractivity contribution in [1.29, 1.82) is 0 Å². The van der Waals surface area contributed by atoms with Crippen LogP contribution in [0.4, 0.5) is 0 Å². The SMILES string of the molecule is Cc1cc(=O)[nH]c(-c2ccnc3ccccc23)n1. The van der Waals surface area contributed by atoms with Crippen molar-refractivity contribution in [3.05, 3.63) is 58.6 Å². The van der Waals surface area contributed by atoms with E-state index < -0.39 is 0 Å². The maximum atomic E-state index is 11.5. The third kappa shape index (κ3) is 1.78. The van der Waals surface area contributed by atoms with Crippen LogP contribution in [-0.4, -0.2) is 15.0 Å². The molecule has 0 saturated carbocycles. The second-order valence-electron chi connectivity index (χ2n) is 4.11. The van der Waals surface area contributed by atoms with Crippen LogP contribution in [-0.2, 0) is 0 Å². The number of pyridine rings is 1. The number of aromatic amines is 1. The van der Waals surface area contributed by atoms with Gasteiger partial charge in [0, 0.05) is 28.9 Å². The van der Waals surface area contributed by atoms with Crippen molar-refractivity contribution in [3.63, 3.8) is 0 Å². The molecular formula is C14H11N3O. The average molecular weight is 237 g/mol. The Morgan fingerprint density at radius 3 is 2.83 bits per heavy atom. The quantitative estimate of drug-likeness (QED) is 0.706. The highest BCUT2D eigenvalue weighted by atomic mass is 16.1. The number of hydrogen-bond acceptors (Lipinski definition) is 3. The van der Waals surface area contributed by atoms with Gasteiger partial charge in [0.1, 0.15) is 5.82 Å². The first kappa shape index (κ1) is 10.7. The van der Waals surface area contributed by atoms with E-state index in [1.807, 2.05) is 37.3 Å². The Labute approximate surface area is 103 Å². The predicted molar refractivity (Wildman–Crippen MR) is 70.3 cm³/mol. The second-order valence-corrected chi connectivity index (χ2v) is 4.11. The topological polar surface area (TPSA) is 58.6 Å². The summed E-state index contributed by atoms with van der Waals surface area (Å²) in [6.07, 6.45) is 1.72. The first-order valence-corrected chi connectivity index (χ1v) is 5.66. The average Bonchev–Trinajstić information content (AvgIpc) is 2.37. The molecule has 1 N–H and O–H groups in total. The Morgan fingerprint density at radius 1 is 1.17 bits per heavy atom. The van der Waals surface area contributed by atoms with E-state index in [9.17, 15) is 4.79 Å². The number of aryl methyl sites for hydroxylation is 1. The van der Waals surface area contributed by atoms with Gasteiger partial charge in [-0.25, -0.2) is 4.98 Å². The molecule has 3 rings (SSSR count). The highest BCUT2D eigenvalue weighted by Crippen LogP contribution is 2.23. The van der Waals surface area contributed by atoms with Gasteiger partial charge in [0.05, 0.1) is 5.52 Å². The minimum atomic E-state index is -0.140. The lowest BCUT2D eigenvalue weighted by Crippen LogP contribution is -2.08. The Morgan fingerprint density at radius 2 is 2.00 bits per heavy atom. The van der Waals surface area contributed by atoms with E-state index in [0.29, 0.717) is 11.5 Å². The fourth-order valence-electron chi connectivity index (χ4n) is 2.01. The van der Waals surface area contributed by atoms with Gasteiger partial charge < -0.3 is 4.98 Å². The first-order chi connectivity index (χ1) is 8.74. The minimum absolute atomic E-state index is 0.140. The largest absolute Gasteiger partial charge is 0.306 e. The van der Waals surface area contributed by atoms with Crippen LogP contribution in [0.1, 0.15) is 5.69 Å². The summed E-state index contributed by atoms with van der Waals surface area (Å²) in [5.41, 5.74) is 2.34. The number of hydrogen-bond donors (Lipinski definition) is 1. The summed E-state index contributed by atoms with van der Waals surface area (Å²) < 4.78 is 0. The molecule has 4 heteroatoms. The highest BCUT2D eigenvalue weighted by Gasteiger charge is 2.06. The van der Waals surface area contributed by atoms with Crippen LogP contribution < -0.4 is 5.56 Å².